The lowest BCUT2D eigenvalue weighted by Crippen LogP contribution is -2.65. The lowest BCUT2D eigenvalue weighted by molar-refractivity contribution is 0.0175. The Balaban J connectivity index is 1.02. The number of amides is 2. The Bertz CT molecular complexity index is 3550. The van der Waals surface area contributed by atoms with E-state index < -0.39 is 104 Å². The van der Waals surface area contributed by atoms with Crippen molar-refractivity contribution in [3.8, 4) is 23.0 Å². The van der Waals surface area contributed by atoms with Crippen LogP contribution in [0.25, 0.3) is 0 Å². The topological polar surface area (TPSA) is 163 Å². The normalized spacial score (nSPS) is 23.7. The second-order valence-corrected chi connectivity index (χ2v) is 21.8. The van der Waals surface area contributed by atoms with Crippen LogP contribution in [0.15, 0.2) is 88.9 Å². The number of aromatic nitrogens is 3. The van der Waals surface area contributed by atoms with Crippen molar-refractivity contribution < 1.29 is 46.8 Å². The van der Waals surface area contributed by atoms with Crippen molar-refractivity contribution in [3.63, 3.8) is 0 Å². The van der Waals surface area contributed by atoms with E-state index in [0.717, 1.165) is 36.2 Å². The summed E-state index contributed by atoms with van der Waals surface area (Å²) in [7, 11) is 0. The van der Waals surface area contributed by atoms with Crippen molar-refractivity contribution in [1.82, 2.24) is 23.5 Å². The molecule has 2 aromatic carbocycles. The molecule has 2 saturated carbocycles. The van der Waals surface area contributed by atoms with Crippen molar-refractivity contribution >= 4 is 46.3 Å². The summed E-state index contributed by atoms with van der Waals surface area (Å²) in [5.74, 6) is -9.64. The van der Waals surface area contributed by atoms with Gasteiger partial charge in [0.1, 0.15) is 38.6 Å². The van der Waals surface area contributed by atoms with Crippen molar-refractivity contribution in [2.24, 2.45) is 0 Å². The molecule has 6 aromatic rings. The van der Waals surface area contributed by atoms with Gasteiger partial charge >= 0.3 is 0 Å². The molecule has 4 bridgehead atoms. The highest BCUT2D eigenvalue weighted by molar-refractivity contribution is 7.16. The predicted molar refractivity (Wildman–Crippen MR) is 261 cm³/mol. The Morgan fingerprint density at radius 3 is 1.82 bits per heavy atom. The van der Waals surface area contributed by atoms with Crippen LogP contribution in [0.5, 0.6) is 23.0 Å². The minimum absolute atomic E-state index is 0.0550. The zero-order valence-electron chi connectivity index (χ0n) is 38.8. The van der Waals surface area contributed by atoms with Gasteiger partial charge in [-0.25, -0.2) is 13.2 Å². The summed E-state index contributed by atoms with van der Waals surface area (Å²) in [6.07, 6.45) is 12.6. The highest BCUT2D eigenvalue weighted by atomic mass is 35.5. The number of aryl methyl sites for hydroxylation is 2. The van der Waals surface area contributed by atoms with Gasteiger partial charge in [-0.05, 0) is 117 Å². The fourth-order valence-electron chi connectivity index (χ4n) is 11.5. The monoisotopic (exact) mass is 1060 g/mol. The number of halogens is 5. The van der Waals surface area contributed by atoms with E-state index in [-0.39, 0.29) is 61.8 Å². The first-order valence-corrected chi connectivity index (χ1v) is 25.3. The van der Waals surface area contributed by atoms with Gasteiger partial charge in [-0.15, -0.1) is 11.3 Å². The van der Waals surface area contributed by atoms with Gasteiger partial charge in [0.25, 0.3) is 11.8 Å². The first kappa shape index (κ1) is 46.9. The van der Waals surface area contributed by atoms with E-state index in [4.69, 9.17) is 21.1 Å². The van der Waals surface area contributed by atoms with Crippen LogP contribution in [0.1, 0.15) is 109 Å². The largest absolute Gasteiger partial charge is 0.502 e. The van der Waals surface area contributed by atoms with Crippen LogP contribution in [0.3, 0.4) is 0 Å². The molecule has 73 heavy (non-hydrogen) atoms. The van der Waals surface area contributed by atoms with Gasteiger partial charge in [0, 0.05) is 46.7 Å². The Morgan fingerprint density at radius 2 is 1.27 bits per heavy atom. The van der Waals surface area contributed by atoms with Crippen molar-refractivity contribution in [1.29, 1.82) is 0 Å². The minimum atomic E-state index is -1.35. The number of aromatic hydroxyl groups is 2. The molecule has 2 amide bonds. The highest BCUT2D eigenvalue weighted by Crippen LogP contribution is 2.55. The molecule has 12 rings (SSSR count). The predicted octanol–water partition coefficient (Wildman–Crippen LogP) is 8.18. The number of pyridine rings is 2. The summed E-state index contributed by atoms with van der Waals surface area (Å²) in [5, 5.41) is 26.1. The van der Waals surface area contributed by atoms with E-state index in [9.17, 15) is 24.6 Å². The fraction of sp³-hybridized carbons (Fsp3) is 0.314. The Morgan fingerprint density at radius 1 is 0.699 bits per heavy atom. The Labute approximate surface area is 425 Å². The number of hydrogen-bond donors (Lipinski definition) is 2. The van der Waals surface area contributed by atoms with E-state index >= 15 is 22.4 Å². The molecular weight excluding hydrogens is 1010 g/mol. The molecule has 2 fully saturated rings. The van der Waals surface area contributed by atoms with Crippen LogP contribution in [0, 0.1) is 37.1 Å². The number of rotatable bonds is 3. The molecule has 22 heteroatoms. The average Bonchev–Trinajstić information content (AvgIpc) is 3.90. The summed E-state index contributed by atoms with van der Waals surface area (Å²) in [4.78, 5) is 59.9. The van der Waals surface area contributed by atoms with Gasteiger partial charge < -0.3 is 29.5 Å². The van der Waals surface area contributed by atoms with E-state index in [0.29, 0.717) is 38.1 Å². The van der Waals surface area contributed by atoms with Crippen LogP contribution in [0.4, 0.5) is 17.6 Å². The molecule has 2 atom stereocenters. The fourth-order valence-corrected chi connectivity index (χ4v) is 13.8. The zero-order chi connectivity index (χ0) is 51.0. The smallest absolute Gasteiger partial charge is 0.278 e. The number of ether oxygens (including phenoxy) is 2. The molecule has 0 saturated heterocycles. The first-order valence-electron chi connectivity index (χ1n) is 23.4. The van der Waals surface area contributed by atoms with Crippen LogP contribution in [-0.2, 0) is 0 Å². The molecule has 2 N–H and O–H groups in total. The maximum Gasteiger partial charge on any atom is 0.278 e. The van der Waals surface area contributed by atoms with E-state index in [1.54, 1.807) is 59.3 Å². The molecule has 4 aromatic heterocycles. The number of benzene rings is 2. The van der Waals surface area contributed by atoms with Crippen molar-refractivity contribution in [2.45, 2.75) is 75.0 Å². The van der Waals surface area contributed by atoms with E-state index in [1.165, 1.54) is 56.2 Å². The third-order valence-electron chi connectivity index (χ3n) is 15.3. The number of nitrogens with zero attached hydrogens (tertiary/aromatic N) is 7. The second-order valence-electron chi connectivity index (χ2n) is 19.2. The molecule has 2 aliphatic carbocycles. The maximum atomic E-state index is 17.4. The van der Waals surface area contributed by atoms with Crippen molar-refractivity contribution in [3.05, 3.63) is 176 Å². The van der Waals surface area contributed by atoms with Gasteiger partial charge in [0.05, 0.1) is 20.3 Å². The number of carbonyl (C=O) groups excluding carboxylic acids is 2. The molecular formula is C51H42ClF4N7O8S2. The Hall–Kier alpha value is -7.10. The minimum Gasteiger partial charge on any atom is -0.502 e. The van der Waals surface area contributed by atoms with E-state index in [1.807, 2.05) is 0 Å². The summed E-state index contributed by atoms with van der Waals surface area (Å²) in [6, 6.07) is 5.60. The van der Waals surface area contributed by atoms with Gasteiger partial charge in [-0.1, -0.05) is 23.8 Å². The molecule has 0 unspecified atom stereocenters. The first-order chi connectivity index (χ1) is 35.0. The summed E-state index contributed by atoms with van der Waals surface area (Å²) >= 11 is 8.94. The van der Waals surface area contributed by atoms with Gasteiger partial charge in [-0.2, -0.15) is 8.78 Å². The van der Waals surface area contributed by atoms with Gasteiger partial charge in [0.2, 0.25) is 22.5 Å². The quantitative estimate of drug-likeness (QED) is 0.130. The van der Waals surface area contributed by atoms with Gasteiger partial charge in [0.15, 0.2) is 46.0 Å². The Kier molecular flexibility index (Phi) is 10.9. The third kappa shape index (κ3) is 6.97. The van der Waals surface area contributed by atoms with Crippen LogP contribution in [0.2, 0.25) is 4.34 Å². The zero-order valence-corrected chi connectivity index (χ0v) is 41.2. The molecule has 15 nitrogen and oxygen atoms in total. The third-order valence-corrected chi connectivity index (χ3v) is 17.6. The molecule has 4 aliphatic heterocycles. The standard InChI is InChI=1S/C51H42ClF4N7O8S2/c1-25-18-34(52)72-46(25)39-30-19-29(35(54)37(56)45(30)71-16-4-12-50(10-3-11-50)58-23-63(39)61-15-9-32(64)42(66)40(61)48(58)68)27-20-51(21-27)13-5-17-70-44-28(6-7-31(53)36(44)55)38(47-26(2)22-57-73-47)62-24-59(51)49(69)41-43(67)33(65)8-14-60(41)62/h4-9,12-15,18-19,22,27,38-39,66-67H,3,10-11,16-17,20-21,23-24H2,1-2H3/b12-4+,13-5-/t27?,38-,39-,51?/m1/s1. The van der Waals surface area contributed by atoms with Crippen LogP contribution in [-0.4, -0.2) is 83.2 Å². The number of thiophene rings is 1. The second kappa shape index (κ2) is 17.0. The summed E-state index contributed by atoms with van der Waals surface area (Å²) < 4.78 is 85.4. The molecule has 8 heterocycles. The molecule has 2 spiro atoms. The van der Waals surface area contributed by atoms with Gasteiger partial charge in [-0.3, -0.25) is 38.5 Å². The molecule has 0 radical (unpaired) electrons. The SMILES string of the molecule is Cc1cnsc1[C@H]1c2ccc(F)c(F)c2OC/C=C\C2(CC(c3cc4c(c(F)c3F)OC/C=C/C3(CCC3)N3CN([C@H]4c4sc(Cl)cc4C)n4ccc(=O)c(O)c4C3=O)C2)N2CN1n1ccc(=O)c(O)c1C2=O. The number of carbonyl (C=O) groups is 2. The van der Waals surface area contributed by atoms with Crippen LogP contribution >= 0.6 is 34.5 Å². The maximum absolute atomic E-state index is 17.4. The molecule has 6 aliphatic rings. The summed E-state index contributed by atoms with van der Waals surface area (Å²) in [5.41, 5.74) is -3.06. The van der Waals surface area contributed by atoms with E-state index in [2.05, 4.69) is 4.37 Å². The van der Waals surface area contributed by atoms with Crippen molar-refractivity contribution in [2.75, 3.05) is 36.6 Å². The molecule has 376 valence electrons. The lowest BCUT2D eigenvalue weighted by Gasteiger charge is -2.56. The lowest BCUT2D eigenvalue weighted by atomic mass is 9.64. The number of fused-ring (bicyclic) bond motifs is 12. The average molecular weight is 1060 g/mol. The number of hydrogen-bond acceptors (Lipinski definition) is 13. The van der Waals surface area contributed by atoms with Crippen LogP contribution < -0.4 is 30.3 Å². The summed E-state index contributed by atoms with van der Waals surface area (Å²) in [6.45, 7) is 2.64. The highest BCUT2D eigenvalue weighted by Gasteiger charge is 2.55.